The molecule has 1 aliphatic rings. The normalized spacial score (nSPS) is 15.3. The van der Waals surface area contributed by atoms with Crippen LogP contribution in [0, 0.1) is 0 Å². The summed E-state index contributed by atoms with van der Waals surface area (Å²) in [5, 5.41) is 2.47. The summed E-state index contributed by atoms with van der Waals surface area (Å²) in [7, 11) is -3.33. The maximum absolute atomic E-state index is 13.3. The number of benzene rings is 2. The molecule has 1 fully saturated rings. The molecule has 0 aromatic heterocycles. The number of carbonyl (C=O) groups excluding carboxylic acids is 1. The molecule has 0 radical (unpaired) electrons. The van der Waals surface area contributed by atoms with Crippen LogP contribution in [0.5, 0.6) is 0 Å². The lowest BCUT2D eigenvalue weighted by molar-refractivity contribution is -0.383. The zero-order chi connectivity index (χ0) is 25.4. The van der Waals surface area contributed by atoms with E-state index in [1.807, 2.05) is 0 Å². The van der Waals surface area contributed by atoms with Gasteiger partial charge in [0.25, 0.3) is 11.5 Å². The van der Waals surface area contributed by atoms with Gasteiger partial charge in [-0.1, -0.05) is 24.3 Å². The first-order chi connectivity index (χ1) is 15.7. The highest BCUT2D eigenvalue weighted by Crippen LogP contribution is 2.52. The van der Waals surface area contributed by atoms with Crippen LogP contribution in [-0.2, 0) is 26.9 Å². The minimum absolute atomic E-state index is 0.0515. The molecule has 186 valence electrons. The average molecular weight is 510 g/mol. The zero-order valence-electron chi connectivity index (χ0n) is 17.6. The second kappa shape index (κ2) is 9.19. The van der Waals surface area contributed by atoms with Gasteiger partial charge < -0.3 is 10.1 Å². The molecule has 1 aliphatic carbocycles. The Morgan fingerprint density at radius 1 is 0.941 bits per heavy atom. The van der Waals surface area contributed by atoms with Crippen molar-refractivity contribution in [3.8, 4) is 0 Å². The van der Waals surface area contributed by atoms with Crippen molar-refractivity contribution in [2.45, 2.75) is 48.3 Å². The van der Waals surface area contributed by atoms with Crippen LogP contribution in [0.25, 0.3) is 0 Å². The first kappa shape index (κ1) is 26.0. The van der Waals surface area contributed by atoms with E-state index in [2.05, 4.69) is 14.8 Å². The summed E-state index contributed by atoms with van der Waals surface area (Å²) in [4.78, 5) is 12.4. The van der Waals surface area contributed by atoms with Gasteiger partial charge in [-0.05, 0) is 42.7 Å². The van der Waals surface area contributed by atoms with Crippen LogP contribution in [0.1, 0.15) is 34.3 Å². The highest BCUT2D eigenvalue weighted by Gasteiger charge is 2.73. The molecule has 0 spiro atoms. The molecule has 13 heteroatoms. The molecule has 0 bridgehead atoms. The molecule has 0 atom stereocenters. The van der Waals surface area contributed by atoms with Crippen molar-refractivity contribution in [1.29, 1.82) is 0 Å². The highest BCUT2D eigenvalue weighted by atomic mass is 32.2. The van der Waals surface area contributed by atoms with E-state index in [0.717, 1.165) is 25.0 Å². The van der Waals surface area contributed by atoms with E-state index in [-0.39, 0.29) is 23.0 Å². The molecular formula is C21H20F6N2O4S. The minimum Gasteiger partial charge on any atom is -0.357 e. The van der Waals surface area contributed by atoms with Crippen LogP contribution in [0.15, 0.2) is 53.4 Å². The number of rotatable bonds is 8. The third-order valence-corrected chi connectivity index (χ3v) is 6.78. The fraction of sp³-hybridized carbons (Fsp3) is 0.381. The van der Waals surface area contributed by atoms with Gasteiger partial charge in [0.2, 0.25) is 10.0 Å². The summed E-state index contributed by atoms with van der Waals surface area (Å²) < 4.78 is 111. The number of halogens is 6. The predicted molar refractivity (Wildman–Crippen MR) is 108 cm³/mol. The molecule has 0 unspecified atom stereocenters. The number of nitrogens with one attached hydrogen (secondary N) is 2. The Balaban J connectivity index is 1.69. The first-order valence-corrected chi connectivity index (χ1v) is 11.4. The number of carbonyl (C=O) groups is 1. The summed E-state index contributed by atoms with van der Waals surface area (Å²) in [6.07, 6.45) is -10.0. The summed E-state index contributed by atoms with van der Waals surface area (Å²) in [6.45, 7) is -0.0515. The number of alkyl halides is 6. The van der Waals surface area contributed by atoms with Crippen molar-refractivity contribution < 1.29 is 44.3 Å². The summed E-state index contributed by atoms with van der Waals surface area (Å²) in [5.74, 6) is -0.749. The van der Waals surface area contributed by atoms with Crippen LogP contribution >= 0.6 is 0 Å². The molecule has 1 amide bonds. The number of sulfonamides is 1. The van der Waals surface area contributed by atoms with Crippen LogP contribution in [0.4, 0.5) is 26.3 Å². The van der Waals surface area contributed by atoms with Crippen molar-refractivity contribution in [2.24, 2.45) is 0 Å². The quantitative estimate of drug-likeness (QED) is 0.526. The molecule has 3 rings (SSSR count). The molecule has 2 aromatic carbocycles. The van der Waals surface area contributed by atoms with Crippen molar-refractivity contribution in [2.75, 3.05) is 7.11 Å². The van der Waals surface area contributed by atoms with Crippen molar-refractivity contribution >= 4 is 15.9 Å². The zero-order valence-corrected chi connectivity index (χ0v) is 18.4. The van der Waals surface area contributed by atoms with E-state index in [1.165, 1.54) is 24.3 Å². The van der Waals surface area contributed by atoms with E-state index in [0.29, 0.717) is 24.8 Å². The topological polar surface area (TPSA) is 84.5 Å². The molecule has 6 nitrogen and oxygen atoms in total. The van der Waals surface area contributed by atoms with Gasteiger partial charge >= 0.3 is 12.4 Å². The van der Waals surface area contributed by atoms with Gasteiger partial charge in [-0.25, -0.2) is 13.1 Å². The SMILES string of the molecule is COC(c1ccc(C(=O)NCc2ccc(S(=O)(=O)NC3CC3)cc2)cc1)(C(F)(F)F)C(F)(F)F. The van der Waals surface area contributed by atoms with Crippen LogP contribution in [0.2, 0.25) is 0 Å². The van der Waals surface area contributed by atoms with Gasteiger partial charge in [-0.3, -0.25) is 4.79 Å². The van der Waals surface area contributed by atoms with E-state index < -0.39 is 39.4 Å². The van der Waals surface area contributed by atoms with Gasteiger partial charge in [-0.2, -0.15) is 26.3 Å². The highest BCUT2D eigenvalue weighted by molar-refractivity contribution is 7.89. The molecule has 2 N–H and O–H groups in total. The lowest BCUT2D eigenvalue weighted by Gasteiger charge is -2.36. The number of hydrogen-bond acceptors (Lipinski definition) is 4. The van der Waals surface area contributed by atoms with E-state index >= 15 is 0 Å². The molecule has 1 saturated carbocycles. The second-order valence-corrected chi connectivity index (χ2v) is 9.39. The number of amides is 1. The monoisotopic (exact) mass is 510 g/mol. The van der Waals surface area contributed by atoms with E-state index in [1.54, 1.807) is 0 Å². The maximum Gasteiger partial charge on any atom is 0.430 e. The van der Waals surface area contributed by atoms with Crippen LogP contribution < -0.4 is 10.0 Å². The predicted octanol–water partition coefficient (Wildman–Crippen LogP) is 4.02. The fourth-order valence-electron chi connectivity index (χ4n) is 3.25. The van der Waals surface area contributed by atoms with Crippen molar-refractivity contribution in [3.63, 3.8) is 0 Å². The molecule has 34 heavy (non-hydrogen) atoms. The Kier molecular flexibility index (Phi) is 7.02. The van der Waals surface area contributed by atoms with Gasteiger partial charge in [0.05, 0.1) is 4.90 Å². The Labute approximate surface area is 191 Å². The standard InChI is InChI=1S/C21H20F6N2O4S/c1-33-19(20(22,23)24,21(25,26)27)15-6-4-14(5-7-15)18(30)28-12-13-2-10-17(11-3-13)34(31,32)29-16-8-9-16/h2-7,10-11,16,29H,8-9,12H2,1H3,(H,28,30). The maximum atomic E-state index is 13.3. The Morgan fingerprint density at radius 3 is 1.91 bits per heavy atom. The van der Waals surface area contributed by atoms with Gasteiger partial charge in [0, 0.05) is 30.8 Å². The summed E-state index contributed by atoms with van der Waals surface area (Å²) >= 11 is 0. The van der Waals surface area contributed by atoms with E-state index in [9.17, 15) is 39.6 Å². The lowest BCUT2D eigenvalue weighted by Crippen LogP contribution is -2.55. The molecule has 0 aliphatic heterocycles. The van der Waals surface area contributed by atoms with Crippen LogP contribution in [0.3, 0.4) is 0 Å². The Morgan fingerprint density at radius 2 is 1.47 bits per heavy atom. The minimum atomic E-state index is -5.79. The molecule has 2 aromatic rings. The second-order valence-electron chi connectivity index (χ2n) is 7.68. The molecular weight excluding hydrogens is 490 g/mol. The van der Waals surface area contributed by atoms with Crippen molar-refractivity contribution in [3.05, 3.63) is 65.2 Å². The van der Waals surface area contributed by atoms with Gasteiger partial charge in [0.1, 0.15) is 0 Å². The fourth-order valence-corrected chi connectivity index (χ4v) is 4.56. The number of hydrogen-bond donors (Lipinski definition) is 2. The molecule has 0 saturated heterocycles. The Hall–Kier alpha value is -2.64. The summed E-state index contributed by atoms with van der Waals surface area (Å²) in [6, 6.07) is 8.34. The Bertz CT molecular complexity index is 1110. The lowest BCUT2D eigenvalue weighted by atomic mass is 9.91. The largest absolute Gasteiger partial charge is 0.430 e. The third kappa shape index (κ3) is 5.20. The van der Waals surface area contributed by atoms with Crippen LogP contribution in [-0.4, -0.2) is 39.8 Å². The first-order valence-electron chi connectivity index (χ1n) is 9.90. The number of ether oxygens (including phenoxy) is 1. The smallest absolute Gasteiger partial charge is 0.357 e. The molecule has 0 heterocycles. The van der Waals surface area contributed by atoms with Gasteiger partial charge in [0.15, 0.2) is 0 Å². The van der Waals surface area contributed by atoms with Gasteiger partial charge in [-0.15, -0.1) is 0 Å². The third-order valence-electron chi connectivity index (χ3n) is 5.24. The summed E-state index contributed by atoms with van der Waals surface area (Å²) in [5.41, 5.74) is -5.40. The number of methoxy groups -OCH3 is 1. The van der Waals surface area contributed by atoms with Crippen molar-refractivity contribution in [1.82, 2.24) is 10.0 Å². The average Bonchev–Trinajstić information content (AvgIpc) is 3.55. The van der Waals surface area contributed by atoms with E-state index in [4.69, 9.17) is 0 Å².